The van der Waals surface area contributed by atoms with Crippen LogP contribution in [-0.2, 0) is 9.59 Å². The molecule has 0 saturated heterocycles. The molecule has 0 radical (unpaired) electrons. The number of carboxylic acid groups (broad SMARTS) is 2. The minimum Gasteiger partial charge on any atom is -0.481 e. The van der Waals surface area contributed by atoms with Crippen LogP contribution >= 0.6 is 0 Å². The lowest BCUT2D eigenvalue weighted by Crippen LogP contribution is -2.15. The number of unbranched alkanes of at least 4 members (excludes halogenated alkanes) is 12. The molecule has 0 fully saturated rings. The molecule has 140 valence electrons. The Morgan fingerprint density at radius 2 is 1.25 bits per heavy atom. The first-order valence-electron chi connectivity index (χ1n) is 9.69. The smallest absolute Gasteiger partial charge is 0.310 e. The summed E-state index contributed by atoms with van der Waals surface area (Å²) in [4.78, 5) is 21.5. The second kappa shape index (κ2) is 16.5. The molecule has 0 aliphatic rings. The average molecular weight is 341 g/mol. The lowest BCUT2D eigenvalue weighted by molar-refractivity contribution is -0.146. The van der Waals surface area contributed by atoms with Gasteiger partial charge in [0.25, 0.3) is 0 Å². The van der Waals surface area contributed by atoms with E-state index in [0.29, 0.717) is 0 Å². The van der Waals surface area contributed by atoms with Crippen LogP contribution in [0.4, 0.5) is 0 Å². The van der Waals surface area contributed by atoms with Crippen LogP contribution in [0.1, 0.15) is 96.8 Å². The minimum absolute atomic E-state index is 0.343. The van der Waals surface area contributed by atoms with Crippen molar-refractivity contribution >= 4 is 11.9 Å². The first-order chi connectivity index (χ1) is 11.6. The first-order valence-corrected chi connectivity index (χ1v) is 9.69. The summed E-state index contributed by atoms with van der Waals surface area (Å²) in [5.41, 5.74) is 0. The summed E-state index contributed by atoms with van der Waals surface area (Å²) >= 11 is 0. The highest BCUT2D eigenvalue weighted by Crippen LogP contribution is 2.13. The van der Waals surface area contributed by atoms with Crippen LogP contribution < -0.4 is 0 Å². The van der Waals surface area contributed by atoms with Gasteiger partial charge in [0.15, 0.2) is 0 Å². The molecule has 24 heavy (non-hydrogen) atoms. The molecule has 2 N–H and O–H groups in total. The fraction of sp³-hybridized carbons (Fsp3) is 0.800. The van der Waals surface area contributed by atoms with Crippen LogP contribution in [0.2, 0.25) is 0 Å². The predicted octanol–water partition coefficient (Wildman–Crippen LogP) is 5.81. The summed E-state index contributed by atoms with van der Waals surface area (Å²) in [6.07, 6.45) is 19.4. The monoisotopic (exact) mass is 340 g/mol. The number of aliphatic carboxylic acids is 2. The maximum Gasteiger partial charge on any atom is 0.310 e. The van der Waals surface area contributed by atoms with Gasteiger partial charge in [0, 0.05) is 0 Å². The Morgan fingerprint density at radius 3 is 1.67 bits per heavy atom. The molecule has 0 bridgehead atoms. The Kier molecular flexibility index (Phi) is 15.6. The van der Waals surface area contributed by atoms with Crippen molar-refractivity contribution in [3.63, 3.8) is 0 Å². The Hall–Kier alpha value is -1.32. The van der Waals surface area contributed by atoms with Crippen molar-refractivity contribution in [3.05, 3.63) is 12.2 Å². The van der Waals surface area contributed by atoms with E-state index in [1.165, 1.54) is 70.3 Å². The van der Waals surface area contributed by atoms with E-state index in [1.54, 1.807) is 0 Å². The second-order valence-corrected chi connectivity index (χ2v) is 6.65. The molecule has 0 aromatic heterocycles. The average Bonchev–Trinajstić information content (AvgIpc) is 2.53. The summed E-state index contributed by atoms with van der Waals surface area (Å²) in [7, 11) is 0. The van der Waals surface area contributed by atoms with Gasteiger partial charge in [-0.2, -0.15) is 0 Å². The second-order valence-electron chi connectivity index (χ2n) is 6.65. The van der Waals surface area contributed by atoms with Crippen molar-refractivity contribution in [2.75, 3.05) is 0 Å². The Balaban J connectivity index is 3.42. The standard InChI is InChI=1S/C20H36O4/c1-2-3-4-5-6-7-8-9-10-11-12-13-14-15-16-18(20(23)24)17-19(21)22/h15-16,18H,2-14,17H2,1H3,(H,21,22)(H,23,24)/b16-15+/t18-/m1/s1. The highest BCUT2D eigenvalue weighted by atomic mass is 16.4. The molecule has 0 saturated carbocycles. The van der Waals surface area contributed by atoms with E-state index in [9.17, 15) is 9.59 Å². The van der Waals surface area contributed by atoms with E-state index in [0.717, 1.165) is 19.3 Å². The van der Waals surface area contributed by atoms with Crippen LogP contribution in [0.25, 0.3) is 0 Å². The highest BCUT2D eigenvalue weighted by molar-refractivity contribution is 5.79. The van der Waals surface area contributed by atoms with Crippen LogP contribution in [-0.4, -0.2) is 22.2 Å². The molecule has 4 heteroatoms. The number of hydrogen-bond acceptors (Lipinski definition) is 2. The number of allylic oxidation sites excluding steroid dienone is 1. The quantitative estimate of drug-likeness (QED) is 0.259. The Morgan fingerprint density at radius 1 is 0.792 bits per heavy atom. The lowest BCUT2D eigenvalue weighted by atomic mass is 10.0. The summed E-state index contributed by atoms with van der Waals surface area (Å²) in [5.74, 6) is -3.04. The zero-order chi connectivity index (χ0) is 18.0. The third-order valence-corrected chi connectivity index (χ3v) is 4.30. The molecular formula is C20H36O4. The number of carboxylic acids is 2. The molecule has 1 atom stereocenters. The number of carbonyl (C=O) groups is 2. The van der Waals surface area contributed by atoms with Crippen molar-refractivity contribution in [2.24, 2.45) is 5.92 Å². The molecule has 0 aromatic rings. The molecular weight excluding hydrogens is 304 g/mol. The maximum atomic E-state index is 10.9. The highest BCUT2D eigenvalue weighted by Gasteiger charge is 2.17. The summed E-state index contributed by atoms with van der Waals surface area (Å²) in [6.45, 7) is 2.25. The van der Waals surface area contributed by atoms with Crippen LogP contribution in [0, 0.1) is 5.92 Å². The first kappa shape index (κ1) is 22.7. The maximum absolute atomic E-state index is 10.9. The third kappa shape index (κ3) is 15.6. The molecule has 0 unspecified atom stereocenters. The molecule has 0 amide bonds. The normalized spacial score (nSPS) is 12.5. The topological polar surface area (TPSA) is 74.6 Å². The van der Waals surface area contributed by atoms with Crippen LogP contribution in [0.3, 0.4) is 0 Å². The van der Waals surface area contributed by atoms with Crippen molar-refractivity contribution in [1.82, 2.24) is 0 Å². The third-order valence-electron chi connectivity index (χ3n) is 4.30. The van der Waals surface area contributed by atoms with E-state index in [-0.39, 0.29) is 6.42 Å². The zero-order valence-corrected chi connectivity index (χ0v) is 15.3. The summed E-state index contributed by atoms with van der Waals surface area (Å²) in [5, 5.41) is 17.6. The lowest BCUT2D eigenvalue weighted by Gasteiger charge is -2.04. The number of rotatable bonds is 17. The van der Waals surface area contributed by atoms with Crippen molar-refractivity contribution < 1.29 is 19.8 Å². The van der Waals surface area contributed by atoms with E-state index in [1.807, 2.05) is 6.08 Å². The molecule has 0 aliphatic heterocycles. The van der Waals surface area contributed by atoms with Gasteiger partial charge in [-0.1, -0.05) is 89.7 Å². The van der Waals surface area contributed by atoms with Gasteiger partial charge in [0.2, 0.25) is 0 Å². The molecule has 0 aromatic carbocycles. The summed E-state index contributed by atoms with van der Waals surface area (Å²) < 4.78 is 0. The van der Waals surface area contributed by atoms with E-state index in [4.69, 9.17) is 10.2 Å². The fourth-order valence-electron chi connectivity index (χ4n) is 2.79. The van der Waals surface area contributed by atoms with Gasteiger partial charge < -0.3 is 10.2 Å². The van der Waals surface area contributed by atoms with Gasteiger partial charge in [-0.15, -0.1) is 0 Å². The SMILES string of the molecule is CCCCCCCCCCCCCC/C=C/[C@H](CC(=O)O)C(=O)O. The van der Waals surface area contributed by atoms with E-state index < -0.39 is 17.9 Å². The van der Waals surface area contributed by atoms with Gasteiger partial charge in [-0.05, 0) is 12.8 Å². The largest absolute Gasteiger partial charge is 0.481 e. The predicted molar refractivity (Wildman–Crippen MR) is 98.2 cm³/mol. The Bertz CT molecular complexity index is 350. The molecule has 0 spiro atoms. The zero-order valence-electron chi connectivity index (χ0n) is 15.3. The van der Waals surface area contributed by atoms with Crippen LogP contribution in [0.5, 0.6) is 0 Å². The fourth-order valence-corrected chi connectivity index (χ4v) is 2.79. The molecule has 0 aliphatic carbocycles. The van der Waals surface area contributed by atoms with Gasteiger partial charge in [0.05, 0.1) is 12.3 Å². The van der Waals surface area contributed by atoms with Crippen molar-refractivity contribution in [2.45, 2.75) is 96.8 Å². The molecule has 4 nitrogen and oxygen atoms in total. The number of hydrogen-bond donors (Lipinski definition) is 2. The molecule has 0 heterocycles. The van der Waals surface area contributed by atoms with E-state index >= 15 is 0 Å². The molecule has 0 rings (SSSR count). The van der Waals surface area contributed by atoms with Gasteiger partial charge >= 0.3 is 11.9 Å². The van der Waals surface area contributed by atoms with E-state index in [2.05, 4.69) is 6.92 Å². The van der Waals surface area contributed by atoms with Gasteiger partial charge in [-0.3, -0.25) is 9.59 Å². The Labute approximate surface area is 147 Å². The van der Waals surface area contributed by atoms with Crippen molar-refractivity contribution in [3.8, 4) is 0 Å². The van der Waals surface area contributed by atoms with Gasteiger partial charge in [-0.25, -0.2) is 0 Å². The minimum atomic E-state index is -1.07. The van der Waals surface area contributed by atoms with Crippen LogP contribution in [0.15, 0.2) is 12.2 Å². The van der Waals surface area contributed by atoms with Gasteiger partial charge in [0.1, 0.15) is 0 Å². The van der Waals surface area contributed by atoms with Crippen molar-refractivity contribution in [1.29, 1.82) is 0 Å². The summed E-state index contributed by atoms with van der Waals surface area (Å²) in [6, 6.07) is 0.